The minimum Gasteiger partial charge on any atom is -0.617 e. The van der Waals surface area contributed by atoms with Crippen molar-refractivity contribution in [2.75, 3.05) is 6.61 Å². The van der Waals surface area contributed by atoms with Crippen LogP contribution in [0, 0.1) is 23.5 Å². The largest absolute Gasteiger partial charge is 0.617 e. The molecule has 0 saturated carbocycles. The Kier molecular flexibility index (Phi) is 3.69. The predicted octanol–water partition coefficient (Wildman–Crippen LogP) is 1.33. The predicted molar refractivity (Wildman–Crippen MR) is 55.8 cm³/mol. The lowest BCUT2D eigenvalue weighted by molar-refractivity contribution is -0.610. The molecule has 5 nitrogen and oxygen atoms in total. The average molecular weight is 241 g/mol. The fourth-order valence-electron chi connectivity index (χ4n) is 1.18. The summed E-state index contributed by atoms with van der Waals surface area (Å²) in [6.45, 7) is 3.32. The molecule has 0 fully saturated rings. The van der Waals surface area contributed by atoms with Crippen LogP contribution in [-0.4, -0.2) is 12.6 Å². The zero-order valence-electron chi connectivity index (χ0n) is 8.78. The number of hydrogen-bond donors (Lipinski definition) is 0. The van der Waals surface area contributed by atoms with Gasteiger partial charge in [0.1, 0.15) is 6.07 Å². The van der Waals surface area contributed by atoms with Crippen molar-refractivity contribution in [3.05, 3.63) is 33.2 Å². The van der Waals surface area contributed by atoms with Gasteiger partial charge in [0, 0.05) is 13.0 Å². The molecule has 0 aromatic carbocycles. The third-order valence-electron chi connectivity index (χ3n) is 1.93. The molecule has 0 spiro atoms. The van der Waals surface area contributed by atoms with E-state index in [1.807, 2.05) is 0 Å². The zero-order chi connectivity index (χ0) is 12.3. The monoisotopic (exact) mass is 240 g/mol. The number of ether oxygens (including phenoxy) is 1. The lowest BCUT2D eigenvalue weighted by atomic mass is 10.1. The van der Waals surface area contributed by atoms with Gasteiger partial charge in [-0.25, -0.2) is 4.79 Å². The number of nitriles is 1. The van der Waals surface area contributed by atoms with Crippen LogP contribution >= 0.6 is 11.6 Å². The van der Waals surface area contributed by atoms with E-state index in [2.05, 4.69) is 0 Å². The molecule has 0 N–H and O–H groups in total. The molecule has 0 radical (unpaired) electrons. The number of carbonyl (C=O) groups is 1. The third-order valence-corrected chi connectivity index (χ3v) is 2.28. The molecule has 84 valence electrons. The highest BCUT2D eigenvalue weighted by molar-refractivity contribution is 6.30. The normalized spacial score (nSPS) is 9.62. The standard InChI is InChI=1S/C10H9ClN2O3/c1-3-16-10(14)7-4-6(2)13(15)9(11)8(7)5-12/h4H,3H2,1-2H3. The number of aryl methyl sites for hydroxylation is 1. The molecule has 1 aromatic heterocycles. The summed E-state index contributed by atoms with van der Waals surface area (Å²) in [5, 5.41) is 19.9. The van der Waals surface area contributed by atoms with Crippen molar-refractivity contribution in [2.24, 2.45) is 0 Å². The summed E-state index contributed by atoms with van der Waals surface area (Å²) in [6.07, 6.45) is 0. The fraction of sp³-hybridized carbons (Fsp3) is 0.300. The van der Waals surface area contributed by atoms with Gasteiger partial charge in [-0.05, 0) is 18.5 Å². The van der Waals surface area contributed by atoms with E-state index in [0.717, 1.165) is 0 Å². The maximum Gasteiger partial charge on any atom is 0.340 e. The first-order chi connectivity index (χ1) is 7.52. The maximum absolute atomic E-state index is 11.5. The van der Waals surface area contributed by atoms with E-state index in [4.69, 9.17) is 21.6 Å². The summed E-state index contributed by atoms with van der Waals surface area (Å²) in [5.74, 6) is -0.662. The van der Waals surface area contributed by atoms with Crippen LogP contribution in [0.4, 0.5) is 0 Å². The number of aromatic nitrogens is 1. The second kappa shape index (κ2) is 4.81. The smallest absolute Gasteiger partial charge is 0.340 e. The van der Waals surface area contributed by atoms with E-state index in [9.17, 15) is 10.0 Å². The van der Waals surface area contributed by atoms with Crippen LogP contribution in [0.3, 0.4) is 0 Å². The van der Waals surface area contributed by atoms with Gasteiger partial charge in [0.15, 0.2) is 11.3 Å². The minimum atomic E-state index is -0.662. The van der Waals surface area contributed by atoms with Crippen molar-refractivity contribution >= 4 is 17.6 Å². The molecule has 0 aliphatic carbocycles. The first kappa shape index (κ1) is 12.3. The molecule has 6 heteroatoms. The molecule has 0 aliphatic rings. The van der Waals surface area contributed by atoms with Gasteiger partial charge in [-0.15, -0.1) is 0 Å². The van der Waals surface area contributed by atoms with E-state index in [-0.39, 0.29) is 28.6 Å². The highest BCUT2D eigenvalue weighted by Crippen LogP contribution is 2.17. The van der Waals surface area contributed by atoms with Gasteiger partial charge in [-0.1, -0.05) is 0 Å². The Bertz CT molecular complexity index is 480. The van der Waals surface area contributed by atoms with Gasteiger partial charge in [-0.2, -0.15) is 9.99 Å². The Hall–Kier alpha value is -1.80. The van der Waals surface area contributed by atoms with Gasteiger partial charge in [0.25, 0.3) is 0 Å². The summed E-state index contributed by atoms with van der Waals surface area (Å²) in [7, 11) is 0. The molecular weight excluding hydrogens is 232 g/mol. The lowest BCUT2D eigenvalue weighted by Gasteiger charge is -2.07. The SMILES string of the molecule is CCOC(=O)c1cc(C)[n+]([O-])c(Cl)c1C#N. The highest BCUT2D eigenvalue weighted by atomic mass is 35.5. The van der Waals surface area contributed by atoms with Crippen molar-refractivity contribution in [1.82, 2.24) is 0 Å². The maximum atomic E-state index is 11.5. The van der Waals surface area contributed by atoms with E-state index >= 15 is 0 Å². The van der Waals surface area contributed by atoms with Crippen LogP contribution in [0.5, 0.6) is 0 Å². The Labute approximate surface area is 97.4 Å². The Balaban J connectivity index is 3.40. The Morgan fingerprint density at radius 1 is 1.75 bits per heavy atom. The second-order valence-electron chi connectivity index (χ2n) is 2.99. The van der Waals surface area contributed by atoms with Crippen LogP contribution in [0.15, 0.2) is 6.07 Å². The van der Waals surface area contributed by atoms with Crippen LogP contribution < -0.4 is 4.73 Å². The average Bonchev–Trinajstić information content (AvgIpc) is 2.26. The van der Waals surface area contributed by atoms with Crippen molar-refractivity contribution in [3.8, 4) is 6.07 Å². The number of nitrogens with zero attached hydrogens (tertiary/aromatic N) is 2. The van der Waals surface area contributed by atoms with Gasteiger partial charge < -0.3 is 9.94 Å². The molecule has 0 unspecified atom stereocenters. The van der Waals surface area contributed by atoms with Crippen molar-refractivity contribution in [1.29, 1.82) is 5.26 Å². The fourth-order valence-corrected chi connectivity index (χ4v) is 1.46. The van der Waals surface area contributed by atoms with E-state index < -0.39 is 5.97 Å². The summed E-state index contributed by atoms with van der Waals surface area (Å²) in [4.78, 5) is 11.5. The van der Waals surface area contributed by atoms with E-state index in [0.29, 0.717) is 4.73 Å². The highest BCUT2D eigenvalue weighted by Gasteiger charge is 2.23. The summed E-state index contributed by atoms with van der Waals surface area (Å²) < 4.78 is 5.15. The summed E-state index contributed by atoms with van der Waals surface area (Å²) in [6, 6.07) is 3.00. The molecule has 0 atom stereocenters. The van der Waals surface area contributed by atoms with Gasteiger partial charge >= 0.3 is 11.1 Å². The Morgan fingerprint density at radius 2 is 2.38 bits per heavy atom. The van der Waals surface area contributed by atoms with Crippen LogP contribution in [0.2, 0.25) is 5.15 Å². The first-order valence-corrected chi connectivity index (χ1v) is 4.90. The third kappa shape index (κ3) is 2.07. The molecule has 0 aliphatic heterocycles. The minimum absolute atomic E-state index is 0.0129. The molecule has 0 bridgehead atoms. The molecule has 1 aromatic rings. The quantitative estimate of drug-likeness (QED) is 0.338. The van der Waals surface area contributed by atoms with E-state index in [1.54, 1.807) is 13.0 Å². The second-order valence-corrected chi connectivity index (χ2v) is 3.35. The number of carbonyl (C=O) groups excluding carboxylic acids is 1. The molecule has 1 heterocycles. The lowest BCUT2D eigenvalue weighted by Crippen LogP contribution is -2.33. The number of pyridine rings is 1. The topological polar surface area (TPSA) is 77.0 Å². The summed E-state index contributed by atoms with van der Waals surface area (Å²) >= 11 is 5.67. The number of rotatable bonds is 2. The number of esters is 1. The van der Waals surface area contributed by atoms with Crippen LogP contribution in [0.25, 0.3) is 0 Å². The number of hydrogen-bond acceptors (Lipinski definition) is 4. The van der Waals surface area contributed by atoms with Gasteiger partial charge in [0.05, 0.1) is 12.2 Å². The van der Waals surface area contributed by atoms with Crippen LogP contribution in [-0.2, 0) is 4.74 Å². The zero-order valence-corrected chi connectivity index (χ0v) is 9.54. The van der Waals surface area contributed by atoms with E-state index in [1.165, 1.54) is 13.0 Å². The first-order valence-electron chi connectivity index (χ1n) is 4.52. The van der Waals surface area contributed by atoms with Crippen molar-refractivity contribution in [2.45, 2.75) is 13.8 Å². The van der Waals surface area contributed by atoms with Crippen molar-refractivity contribution in [3.63, 3.8) is 0 Å². The molecule has 0 amide bonds. The van der Waals surface area contributed by atoms with Crippen molar-refractivity contribution < 1.29 is 14.3 Å². The van der Waals surface area contributed by atoms with Gasteiger partial charge in [0.2, 0.25) is 0 Å². The van der Waals surface area contributed by atoms with Gasteiger partial charge in [-0.3, -0.25) is 0 Å². The number of halogens is 1. The molecule has 0 saturated heterocycles. The molecular formula is C10H9ClN2O3. The molecule has 16 heavy (non-hydrogen) atoms. The molecule has 1 rings (SSSR count). The summed E-state index contributed by atoms with van der Waals surface area (Å²) in [5.41, 5.74) is 0.0757. The van der Waals surface area contributed by atoms with Crippen LogP contribution in [0.1, 0.15) is 28.5 Å². The Morgan fingerprint density at radius 3 is 2.88 bits per heavy atom.